The van der Waals surface area contributed by atoms with Crippen molar-refractivity contribution < 1.29 is 4.74 Å². The number of hydrogen-bond acceptors (Lipinski definition) is 3. The maximum absolute atomic E-state index is 5.37. The van der Waals surface area contributed by atoms with Gasteiger partial charge in [-0.25, -0.2) is 9.97 Å². The first kappa shape index (κ1) is 17.7. The van der Waals surface area contributed by atoms with Gasteiger partial charge in [0.2, 0.25) is 0 Å². The van der Waals surface area contributed by atoms with Gasteiger partial charge in [0.25, 0.3) is 0 Å². The van der Waals surface area contributed by atoms with Crippen LogP contribution in [0.2, 0.25) is 0 Å². The number of para-hydroxylation sites is 2. The van der Waals surface area contributed by atoms with Crippen molar-refractivity contribution in [2.75, 3.05) is 7.11 Å². The van der Waals surface area contributed by atoms with Crippen molar-refractivity contribution in [3.63, 3.8) is 0 Å². The van der Waals surface area contributed by atoms with Crippen LogP contribution in [0.5, 0.6) is 5.75 Å². The van der Waals surface area contributed by atoms with Crippen LogP contribution in [0.25, 0.3) is 49.8 Å². The van der Waals surface area contributed by atoms with Crippen molar-refractivity contribution in [3.05, 3.63) is 97.2 Å². The Bertz CT molecular complexity index is 1550. The average Bonchev–Trinajstić information content (AvgIpc) is 3.20. The van der Waals surface area contributed by atoms with Crippen molar-refractivity contribution in [1.29, 1.82) is 0 Å². The Morgan fingerprint density at radius 1 is 0.742 bits per heavy atom. The van der Waals surface area contributed by atoms with E-state index in [0.717, 1.165) is 44.8 Å². The van der Waals surface area contributed by atoms with Crippen LogP contribution in [0, 0.1) is 0 Å². The molecule has 0 N–H and O–H groups in total. The SMILES string of the molecule is COc1ccc(-c2nc3ccccc3c3c4ccccc4n(-c4ccccn4)c23)cc1. The van der Waals surface area contributed by atoms with E-state index in [1.54, 1.807) is 7.11 Å². The summed E-state index contributed by atoms with van der Waals surface area (Å²) in [4.78, 5) is 9.80. The molecular formula is C27H19N3O. The molecule has 0 amide bonds. The van der Waals surface area contributed by atoms with Crippen LogP contribution in [0.4, 0.5) is 0 Å². The molecule has 3 heterocycles. The number of nitrogens with zero attached hydrogens (tertiary/aromatic N) is 3. The minimum absolute atomic E-state index is 0.825. The molecule has 6 aromatic rings. The fraction of sp³-hybridized carbons (Fsp3) is 0.0370. The van der Waals surface area contributed by atoms with Gasteiger partial charge in [0, 0.05) is 27.9 Å². The Balaban J connectivity index is 1.85. The number of fused-ring (bicyclic) bond motifs is 5. The van der Waals surface area contributed by atoms with Crippen LogP contribution in [0.3, 0.4) is 0 Å². The zero-order valence-electron chi connectivity index (χ0n) is 17.0. The van der Waals surface area contributed by atoms with Gasteiger partial charge in [-0.3, -0.25) is 4.57 Å². The summed E-state index contributed by atoms with van der Waals surface area (Å²) in [7, 11) is 1.68. The molecule has 3 aromatic heterocycles. The second kappa shape index (κ2) is 6.96. The van der Waals surface area contributed by atoms with E-state index in [9.17, 15) is 0 Å². The van der Waals surface area contributed by atoms with E-state index in [1.165, 1.54) is 10.8 Å². The molecule has 148 valence electrons. The lowest BCUT2D eigenvalue weighted by atomic mass is 10.0. The molecule has 0 saturated carbocycles. The quantitative estimate of drug-likeness (QED) is 0.344. The highest BCUT2D eigenvalue weighted by molar-refractivity contribution is 6.23. The Kier molecular flexibility index (Phi) is 3.96. The average molecular weight is 401 g/mol. The third-order valence-corrected chi connectivity index (χ3v) is 5.75. The van der Waals surface area contributed by atoms with E-state index in [1.807, 2.05) is 42.6 Å². The largest absolute Gasteiger partial charge is 0.497 e. The predicted molar refractivity (Wildman–Crippen MR) is 126 cm³/mol. The molecule has 4 nitrogen and oxygen atoms in total. The van der Waals surface area contributed by atoms with Gasteiger partial charge < -0.3 is 4.74 Å². The van der Waals surface area contributed by atoms with Crippen molar-refractivity contribution in [2.45, 2.75) is 0 Å². The Hall–Kier alpha value is -4.18. The molecule has 0 aliphatic heterocycles. The summed E-state index contributed by atoms with van der Waals surface area (Å²) in [6.07, 6.45) is 1.83. The predicted octanol–water partition coefficient (Wildman–Crippen LogP) is 6.40. The van der Waals surface area contributed by atoms with Gasteiger partial charge in [0.15, 0.2) is 0 Å². The Labute approximate surface area is 179 Å². The number of methoxy groups -OCH3 is 1. The smallest absolute Gasteiger partial charge is 0.137 e. The zero-order valence-corrected chi connectivity index (χ0v) is 17.0. The van der Waals surface area contributed by atoms with Gasteiger partial charge in [-0.05, 0) is 48.5 Å². The molecule has 6 rings (SSSR count). The Morgan fingerprint density at radius 2 is 1.48 bits per heavy atom. The van der Waals surface area contributed by atoms with Gasteiger partial charge in [-0.1, -0.05) is 42.5 Å². The van der Waals surface area contributed by atoms with Gasteiger partial charge in [0.05, 0.1) is 29.4 Å². The Morgan fingerprint density at radius 3 is 2.26 bits per heavy atom. The maximum Gasteiger partial charge on any atom is 0.137 e. The fourth-order valence-corrected chi connectivity index (χ4v) is 4.37. The lowest BCUT2D eigenvalue weighted by Gasteiger charge is -2.12. The van der Waals surface area contributed by atoms with Crippen LogP contribution in [0.15, 0.2) is 97.2 Å². The standard InChI is InChI=1S/C27H19N3O/c1-31-19-15-13-18(14-16-19)26-27-25(20-8-2-4-10-22(20)29-26)21-9-3-5-11-23(21)30(27)24-12-6-7-17-28-24/h2-17H,1H3. The molecule has 0 fully saturated rings. The second-order valence-corrected chi connectivity index (χ2v) is 7.47. The molecule has 0 unspecified atom stereocenters. The topological polar surface area (TPSA) is 39.9 Å². The highest BCUT2D eigenvalue weighted by Crippen LogP contribution is 2.40. The summed E-state index contributed by atoms with van der Waals surface area (Å²) >= 11 is 0. The summed E-state index contributed by atoms with van der Waals surface area (Å²) in [5.41, 5.74) is 5.12. The summed E-state index contributed by atoms with van der Waals surface area (Å²) in [6.45, 7) is 0. The van der Waals surface area contributed by atoms with Gasteiger partial charge >= 0.3 is 0 Å². The zero-order chi connectivity index (χ0) is 20.8. The van der Waals surface area contributed by atoms with Crippen LogP contribution in [-0.2, 0) is 0 Å². The first-order valence-electron chi connectivity index (χ1n) is 10.2. The minimum atomic E-state index is 0.825. The molecule has 0 aliphatic rings. The molecule has 0 radical (unpaired) electrons. The molecule has 3 aromatic carbocycles. The number of benzene rings is 3. The van der Waals surface area contributed by atoms with Crippen LogP contribution in [0.1, 0.15) is 0 Å². The van der Waals surface area contributed by atoms with Crippen molar-refractivity contribution >= 4 is 32.7 Å². The van der Waals surface area contributed by atoms with Crippen molar-refractivity contribution in [1.82, 2.24) is 14.5 Å². The van der Waals surface area contributed by atoms with E-state index in [-0.39, 0.29) is 0 Å². The van der Waals surface area contributed by atoms with Crippen LogP contribution >= 0.6 is 0 Å². The van der Waals surface area contributed by atoms with Crippen LogP contribution < -0.4 is 4.74 Å². The van der Waals surface area contributed by atoms with E-state index in [0.29, 0.717) is 0 Å². The lowest BCUT2D eigenvalue weighted by Crippen LogP contribution is -1.99. The summed E-state index contributed by atoms with van der Waals surface area (Å²) in [5, 5.41) is 3.52. The molecule has 31 heavy (non-hydrogen) atoms. The molecular weight excluding hydrogens is 382 g/mol. The minimum Gasteiger partial charge on any atom is -0.497 e. The van der Waals surface area contributed by atoms with Gasteiger partial charge in [-0.2, -0.15) is 0 Å². The molecule has 0 aliphatic carbocycles. The van der Waals surface area contributed by atoms with E-state index in [4.69, 9.17) is 9.72 Å². The molecule has 0 bridgehead atoms. The summed E-state index contributed by atoms with van der Waals surface area (Å²) < 4.78 is 7.59. The second-order valence-electron chi connectivity index (χ2n) is 7.47. The first-order chi connectivity index (χ1) is 15.3. The fourth-order valence-electron chi connectivity index (χ4n) is 4.37. The van der Waals surface area contributed by atoms with Gasteiger partial charge in [0.1, 0.15) is 11.6 Å². The van der Waals surface area contributed by atoms with E-state index >= 15 is 0 Å². The third-order valence-electron chi connectivity index (χ3n) is 5.75. The number of pyridine rings is 2. The van der Waals surface area contributed by atoms with E-state index < -0.39 is 0 Å². The summed E-state index contributed by atoms with van der Waals surface area (Å²) in [5.74, 6) is 1.70. The van der Waals surface area contributed by atoms with E-state index in [2.05, 4.69) is 64.1 Å². The molecule has 0 atom stereocenters. The van der Waals surface area contributed by atoms with Gasteiger partial charge in [-0.15, -0.1) is 0 Å². The molecule has 0 spiro atoms. The lowest BCUT2D eigenvalue weighted by molar-refractivity contribution is 0.415. The number of aromatic nitrogens is 3. The molecule has 0 saturated heterocycles. The highest BCUT2D eigenvalue weighted by atomic mass is 16.5. The first-order valence-corrected chi connectivity index (χ1v) is 10.2. The monoisotopic (exact) mass is 401 g/mol. The number of ether oxygens (including phenoxy) is 1. The van der Waals surface area contributed by atoms with Crippen molar-refractivity contribution in [3.8, 4) is 22.8 Å². The number of hydrogen-bond donors (Lipinski definition) is 0. The normalized spacial score (nSPS) is 11.4. The van der Waals surface area contributed by atoms with Crippen molar-refractivity contribution in [2.24, 2.45) is 0 Å². The highest BCUT2D eigenvalue weighted by Gasteiger charge is 2.20. The number of rotatable bonds is 3. The third kappa shape index (κ3) is 2.69. The molecule has 4 heteroatoms. The van der Waals surface area contributed by atoms with Crippen LogP contribution in [-0.4, -0.2) is 21.6 Å². The summed E-state index contributed by atoms with van der Waals surface area (Å²) in [6, 6.07) is 30.9. The maximum atomic E-state index is 5.37.